The quantitative estimate of drug-likeness (QED) is 0.797. The van der Waals surface area contributed by atoms with Crippen molar-refractivity contribution in [3.05, 3.63) is 23.5 Å². The Hall–Kier alpha value is -1.97. The Morgan fingerprint density at radius 1 is 1.17 bits per heavy atom. The summed E-state index contributed by atoms with van der Waals surface area (Å²) in [7, 11) is 3.75. The molecule has 4 nitrogen and oxygen atoms in total. The number of benzene rings is 1. The average Bonchev–Trinajstić information content (AvgIpc) is 2.85. The van der Waals surface area contributed by atoms with Crippen molar-refractivity contribution in [2.75, 3.05) is 24.7 Å². The number of fused-ring (bicyclic) bond motifs is 3. The second-order valence-electron chi connectivity index (χ2n) is 4.54. The van der Waals surface area contributed by atoms with Gasteiger partial charge in [0.2, 0.25) is 0 Å². The molecule has 1 aromatic carbocycles. The predicted molar refractivity (Wildman–Crippen MR) is 72.6 cm³/mol. The first-order valence-corrected chi connectivity index (χ1v) is 6.22. The van der Waals surface area contributed by atoms with Gasteiger partial charge in [-0.25, -0.2) is 0 Å². The molecule has 1 heterocycles. The molecule has 18 heavy (non-hydrogen) atoms. The summed E-state index contributed by atoms with van der Waals surface area (Å²) in [5, 5.41) is 7.30. The molecule has 0 atom stereocenters. The Balaban J connectivity index is 2.45. The van der Waals surface area contributed by atoms with Gasteiger partial charge < -0.3 is 15.1 Å². The summed E-state index contributed by atoms with van der Waals surface area (Å²) in [4.78, 5) is 12.2. The largest absolute Gasteiger partial charge is 0.462 e. The first-order chi connectivity index (χ1) is 8.77. The number of carbonyl (C=O) groups excluding carboxylic acids is 1. The fourth-order valence-electron chi connectivity index (χ4n) is 2.89. The van der Waals surface area contributed by atoms with E-state index in [1.165, 1.54) is 0 Å². The molecule has 0 amide bonds. The molecule has 0 spiro atoms. The van der Waals surface area contributed by atoms with Crippen molar-refractivity contribution in [3.63, 3.8) is 0 Å². The third-order valence-electron chi connectivity index (χ3n) is 3.62. The van der Waals surface area contributed by atoms with E-state index in [1.54, 1.807) is 6.26 Å². The van der Waals surface area contributed by atoms with Crippen molar-refractivity contribution in [1.82, 2.24) is 0 Å². The van der Waals surface area contributed by atoms with Gasteiger partial charge in [0.25, 0.3) is 0 Å². The molecule has 2 aromatic rings. The van der Waals surface area contributed by atoms with Gasteiger partial charge in [0.15, 0.2) is 11.4 Å². The number of rotatable bonds is 2. The van der Waals surface area contributed by atoms with Crippen LogP contribution in [0, 0.1) is 0 Å². The highest BCUT2D eigenvalue weighted by atomic mass is 16.3. The van der Waals surface area contributed by atoms with E-state index in [0.29, 0.717) is 6.42 Å². The van der Waals surface area contributed by atoms with Crippen molar-refractivity contribution >= 4 is 28.1 Å². The van der Waals surface area contributed by atoms with E-state index >= 15 is 0 Å². The second-order valence-corrected chi connectivity index (χ2v) is 4.54. The van der Waals surface area contributed by atoms with Crippen molar-refractivity contribution < 1.29 is 9.21 Å². The summed E-state index contributed by atoms with van der Waals surface area (Å²) in [5.74, 6) is 0.224. The monoisotopic (exact) mass is 244 g/mol. The van der Waals surface area contributed by atoms with Crippen LogP contribution in [0.4, 0.5) is 11.4 Å². The van der Waals surface area contributed by atoms with Gasteiger partial charge in [-0.15, -0.1) is 0 Å². The molecule has 0 bridgehead atoms. The van der Waals surface area contributed by atoms with Crippen LogP contribution in [0.15, 0.2) is 16.7 Å². The molecule has 0 radical (unpaired) electrons. The topological polar surface area (TPSA) is 54.3 Å². The standard InChI is InChI=1S/C14H16N2O2/c1-15-12-8-4-3-5-10(17)11(8)9-6-7-18-14(9)13(12)16-2/h6-7,15-16H,3-5H2,1-2H3. The maximum absolute atomic E-state index is 12.2. The first kappa shape index (κ1) is 11.1. The van der Waals surface area contributed by atoms with E-state index in [4.69, 9.17) is 4.42 Å². The lowest BCUT2D eigenvalue weighted by Gasteiger charge is -2.22. The number of carbonyl (C=O) groups is 1. The van der Waals surface area contributed by atoms with Crippen molar-refractivity contribution in [3.8, 4) is 0 Å². The molecule has 0 aliphatic heterocycles. The predicted octanol–water partition coefficient (Wildman–Crippen LogP) is 3.04. The number of Topliss-reactive ketones (excluding diaryl/α,β-unsaturated/α-hetero) is 1. The van der Waals surface area contributed by atoms with Crippen LogP contribution in [0.2, 0.25) is 0 Å². The van der Waals surface area contributed by atoms with Gasteiger partial charge in [0.05, 0.1) is 12.0 Å². The van der Waals surface area contributed by atoms with Crippen molar-refractivity contribution in [1.29, 1.82) is 0 Å². The van der Waals surface area contributed by atoms with Crippen LogP contribution in [-0.2, 0) is 6.42 Å². The third-order valence-corrected chi connectivity index (χ3v) is 3.62. The normalized spacial score (nSPS) is 14.7. The Kier molecular flexibility index (Phi) is 2.51. The molecule has 0 unspecified atom stereocenters. The van der Waals surface area contributed by atoms with Crippen LogP contribution in [0.3, 0.4) is 0 Å². The molecule has 0 saturated carbocycles. The fourth-order valence-corrected chi connectivity index (χ4v) is 2.89. The second kappa shape index (κ2) is 4.05. The number of ketones is 1. The zero-order valence-electron chi connectivity index (χ0n) is 10.6. The lowest BCUT2D eigenvalue weighted by atomic mass is 9.86. The lowest BCUT2D eigenvalue weighted by Crippen LogP contribution is -2.14. The maximum atomic E-state index is 12.2. The fraction of sp³-hybridized carbons (Fsp3) is 0.357. The van der Waals surface area contributed by atoms with Gasteiger partial charge in [-0.1, -0.05) is 0 Å². The molecular weight excluding hydrogens is 228 g/mol. The molecule has 0 saturated heterocycles. The molecular formula is C14H16N2O2. The molecule has 1 aliphatic rings. The Morgan fingerprint density at radius 2 is 1.94 bits per heavy atom. The smallest absolute Gasteiger partial charge is 0.163 e. The van der Waals surface area contributed by atoms with Crippen LogP contribution >= 0.6 is 0 Å². The summed E-state index contributed by atoms with van der Waals surface area (Å²) in [5.41, 5.74) is 4.64. The van der Waals surface area contributed by atoms with Crippen LogP contribution in [0.5, 0.6) is 0 Å². The number of hydrogen-bond acceptors (Lipinski definition) is 4. The Bertz CT molecular complexity index is 628. The maximum Gasteiger partial charge on any atom is 0.163 e. The number of hydrogen-bond donors (Lipinski definition) is 2. The van der Waals surface area contributed by atoms with Crippen LogP contribution in [-0.4, -0.2) is 19.9 Å². The van der Waals surface area contributed by atoms with Gasteiger partial charge in [-0.2, -0.15) is 0 Å². The van der Waals surface area contributed by atoms with Gasteiger partial charge in [0.1, 0.15) is 5.69 Å². The minimum Gasteiger partial charge on any atom is -0.462 e. The first-order valence-electron chi connectivity index (χ1n) is 6.22. The third kappa shape index (κ3) is 1.35. The highest BCUT2D eigenvalue weighted by molar-refractivity contribution is 6.15. The average molecular weight is 244 g/mol. The molecule has 0 fully saturated rings. The van der Waals surface area contributed by atoms with Gasteiger partial charge in [-0.3, -0.25) is 4.79 Å². The van der Waals surface area contributed by atoms with Crippen molar-refractivity contribution in [2.45, 2.75) is 19.3 Å². The highest BCUT2D eigenvalue weighted by Gasteiger charge is 2.26. The lowest BCUT2D eigenvalue weighted by molar-refractivity contribution is 0.0974. The zero-order chi connectivity index (χ0) is 12.7. The minimum absolute atomic E-state index is 0.224. The van der Waals surface area contributed by atoms with E-state index in [0.717, 1.165) is 46.3 Å². The molecule has 94 valence electrons. The van der Waals surface area contributed by atoms with Gasteiger partial charge in [-0.05, 0) is 24.5 Å². The number of nitrogens with one attached hydrogen (secondary N) is 2. The molecule has 4 heteroatoms. The summed E-state index contributed by atoms with van der Waals surface area (Å²) in [6, 6.07) is 1.89. The molecule has 3 rings (SSSR count). The Labute approximate surface area is 105 Å². The Morgan fingerprint density at radius 3 is 2.67 bits per heavy atom. The molecule has 1 aromatic heterocycles. The van der Waals surface area contributed by atoms with Gasteiger partial charge in [0, 0.05) is 31.5 Å². The van der Waals surface area contributed by atoms with Crippen LogP contribution in [0.25, 0.3) is 11.0 Å². The van der Waals surface area contributed by atoms with Crippen LogP contribution < -0.4 is 10.6 Å². The molecule has 1 aliphatic carbocycles. The molecule has 2 N–H and O–H groups in total. The minimum atomic E-state index is 0.224. The number of anilines is 2. The van der Waals surface area contributed by atoms with Crippen molar-refractivity contribution in [2.24, 2.45) is 0 Å². The van der Waals surface area contributed by atoms with E-state index in [-0.39, 0.29) is 5.78 Å². The summed E-state index contributed by atoms with van der Waals surface area (Å²) in [6.45, 7) is 0. The highest BCUT2D eigenvalue weighted by Crippen LogP contribution is 2.41. The van der Waals surface area contributed by atoms with E-state index in [2.05, 4.69) is 10.6 Å². The van der Waals surface area contributed by atoms with E-state index in [1.807, 2.05) is 20.2 Å². The van der Waals surface area contributed by atoms with E-state index in [9.17, 15) is 4.79 Å². The number of furan rings is 1. The summed E-state index contributed by atoms with van der Waals surface area (Å²) >= 11 is 0. The SMILES string of the molecule is CNc1c2c(c3ccoc3c1NC)C(=O)CCC2. The van der Waals surface area contributed by atoms with Gasteiger partial charge >= 0.3 is 0 Å². The summed E-state index contributed by atoms with van der Waals surface area (Å²) in [6.07, 6.45) is 4.14. The summed E-state index contributed by atoms with van der Waals surface area (Å²) < 4.78 is 5.54. The zero-order valence-corrected chi connectivity index (χ0v) is 10.6. The van der Waals surface area contributed by atoms with E-state index < -0.39 is 0 Å². The van der Waals surface area contributed by atoms with Crippen LogP contribution in [0.1, 0.15) is 28.8 Å².